The molecule has 1 N–H and O–H groups in total. The van der Waals surface area contributed by atoms with Crippen LogP contribution in [0.15, 0.2) is 48.7 Å². The van der Waals surface area contributed by atoms with E-state index in [1.165, 1.54) is 39.7 Å². The summed E-state index contributed by atoms with van der Waals surface area (Å²) in [5.41, 5.74) is 1.20. The van der Waals surface area contributed by atoms with Gasteiger partial charge in [0.05, 0.1) is 32.6 Å². The number of ether oxygens (including phenoxy) is 3. The Bertz CT molecular complexity index is 983. The van der Waals surface area contributed by atoms with E-state index in [0.29, 0.717) is 41.0 Å². The monoisotopic (exact) mass is 419 g/mol. The van der Waals surface area contributed by atoms with Crippen molar-refractivity contribution in [3.63, 3.8) is 0 Å². The molecule has 0 aliphatic carbocycles. The van der Waals surface area contributed by atoms with Crippen LogP contribution in [-0.2, 0) is 12.7 Å². The van der Waals surface area contributed by atoms with Crippen LogP contribution in [0, 0.1) is 0 Å². The largest absolute Gasteiger partial charge is 0.493 e. The van der Waals surface area contributed by atoms with Gasteiger partial charge in [0.25, 0.3) is 0 Å². The smallest absolute Gasteiger partial charge is 0.416 e. The third-order valence-corrected chi connectivity index (χ3v) is 4.34. The molecule has 158 valence electrons. The molecule has 0 spiro atoms. The second-order valence-corrected chi connectivity index (χ2v) is 6.23. The van der Waals surface area contributed by atoms with Gasteiger partial charge in [0, 0.05) is 18.3 Å². The first-order chi connectivity index (χ1) is 14.4. The lowest BCUT2D eigenvalue weighted by atomic mass is 10.1. The number of nitrogens with zero attached hydrogens (tertiary/aromatic N) is 2. The van der Waals surface area contributed by atoms with Gasteiger partial charge in [-0.25, -0.2) is 9.97 Å². The molecule has 0 bridgehead atoms. The van der Waals surface area contributed by atoms with E-state index in [1.54, 1.807) is 18.2 Å². The second kappa shape index (κ2) is 8.89. The number of anilines is 1. The van der Waals surface area contributed by atoms with Crippen LogP contribution in [0.1, 0.15) is 11.1 Å². The van der Waals surface area contributed by atoms with Gasteiger partial charge < -0.3 is 19.5 Å². The highest BCUT2D eigenvalue weighted by molar-refractivity contribution is 5.60. The Morgan fingerprint density at radius 3 is 2.07 bits per heavy atom. The van der Waals surface area contributed by atoms with Gasteiger partial charge in [-0.3, -0.25) is 0 Å². The zero-order valence-electron chi connectivity index (χ0n) is 16.6. The first-order valence-corrected chi connectivity index (χ1v) is 8.89. The molecule has 0 unspecified atom stereocenters. The maximum absolute atomic E-state index is 12.7. The van der Waals surface area contributed by atoms with Crippen LogP contribution >= 0.6 is 0 Å². The molecule has 30 heavy (non-hydrogen) atoms. The molecule has 3 rings (SSSR count). The van der Waals surface area contributed by atoms with Crippen molar-refractivity contribution in [3.05, 3.63) is 59.8 Å². The van der Waals surface area contributed by atoms with Crippen molar-refractivity contribution in [3.8, 4) is 28.5 Å². The lowest BCUT2D eigenvalue weighted by Gasteiger charge is -2.14. The molecule has 9 heteroatoms. The van der Waals surface area contributed by atoms with Gasteiger partial charge >= 0.3 is 6.18 Å². The lowest BCUT2D eigenvalue weighted by Crippen LogP contribution is -2.06. The topological polar surface area (TPSA) is 65.5 Å². The summed E-state index contributed by atoms with van der Waals surface area (Å²) in [6.07, 6.45) is -2.84. The molecular weight excluding hydrogens is 399 g/mol. The number of alkyl halides is 3. The number of hydrogen-bond acceptors (Lipinski definition) is 6. The molecule has 0 aliphatic heterocycles. The first kappa shape index (κ1) is 21.2. The number of aromatic nitrogens is 2. The van der Waals surface area contributed by atoms with E-state index in [-0.39, 0.29) is 0 Å². The first-order valence-electron chi connectivity index (χ1n) is 8.89. The van der Waals surface area contributed by atoms with Crippen molar-refractivity contribution in [2.45, 2.75) is 12.7 Å². The minimum atomic E-state index is -4.38. The van der Waals surface area contributed by atoms with E-state index in [9.17, 15) is 13.2 Å². The van der Waals surface area contributed by atoms with E-state index >= 15 is 0 Å². The Kier molecular flexibility index (Phi) is 6.29. The summed E-state index contributed by atoms with van der Waals surface area (Å²) in [7, 11) is 4.59. The average molecular weight is 419 g/mol. The van der Waals surface area contributed by atoms with E-state index in [4.69, 9.17) is 14.2 Å². The molecule has 1 heterocycles. The van der Waals surface area contributed by atoms with Gasteiger partial charge in [0.15, 0.2) is 11.5 Å². The molecule has 6 nitrogen and oxygen atoms in total. The van der Waals surface area contributed by atoms with Gasteiger partial charge in [-0.1, -0.05) is 12.1 Å². The molecule has 3 aromatic rings. The summed E-state index contributed by atoms with van der Waals surface area (Å²) in [5.74, 6) is 1.87. The minimum absolute atomic E-state index is 0.334. The van der Waals surface area contributed by atoms with Gasteiger partial charge in [-0.2, -0.15) is 13.2 Å². The maximum Gasteiger partial charge on any atom is 0.416 e. The fourth-order valence-electron chi connectivity index (χ4n) is 2.85. The van der Waals surface area contributed by atoms with E-state index < -0.39 is 11.7 Å². The zero-order valence-corrected chi connectivity index (χ0v) is 16.6. The number of nitrogens with one attached hydrogen (secondary N) is 1. The van der Waals surface area contributed by atoms with Crippen LogP contribution in [0.2, 0.25) is 0 Å². The van der Waals surface area contributed by atoms with Crippen molar-refractivity contribution in [2.24, 2.45) is 0 Å². The van der Waals surface area contributed by atoms with Gasteiger partial charge in [-0.15, -0.1) is 0 Å². The summed E-state index contributed by atoms with van der Waals surface area (Å²) in [6, 6.07) is 10.1. The van der Waals surface area contributed by atoms with Gasteiger partial charge in [0.2, 0.25) is 11.7 Å². The fourth-order valence-corrected chi connectivity index (χ4v) is 2.85. The van der Waals surface area contributed by atoms with Crippen molar-refractivity contribution < 1.29 is 27.4 Å². The molecule has 0 atom stereocenters. The minimum Gasteiger partial charge on any atom is -0.493 e. The zero-order chi connectivity index (χ0) is 21.7. The maximum atomic E-state index is 12.7. The average Bonchev–Trinajstić information content (AvgIpc) is 2.76. The number of methoxy groups -OCH3 is 3. The van der Waals surface area contributed by atoms with Crippen molar-refractivity contribution in [2.75, 3.05) is 26.6 Å². The number of rotatable bonds is 7. The molecule has 0 aliphatic rings. The molecule has 0 fully saturated rings. The molecule has 0 radical (unpaired) electrons. The van der Waals surface area contributed by atoms with E-state index in [2.05, 4.69) is 15.3 Å². The van der Waals surface area contributed by atoms with E-state index in [1.807, 2.05) is 0 Å². The summed E-state index contributed by atoms with van der Waals surface area (Å²) < 4.78 is 54.2. The molecule has 2 aromatic carbocycles. The molecule has 1 aromatic heterocycles. The Morgan fingerprint density at radius 1 is 0.900 bits per heavy atom. The number of benzene rings is 2. The van der Waals surface area contributed by atoms with Crippen molar-refractivity contribution in [1.29, 1.82) is 0 Å². The Morgan fingerprint density at radius 2 is 1.53 bits per heavy atom. The molecule has 0 amide bonds. The second-order valence-electron chi connectivity index (χ2n) is 6.23. The molecular formula is C21H20F3N3O3. The third kappa shape index (κ3) is 4.73. The van der Waals surface area contributed by atoms with Crippen LogP contribution in [0.4, 0.5) is 19.1 Å². The SMILES string of the molecule is COc1cc(CNc2nccc(-c3ccc(C(F)(F)F)cc3)n2)cc(OC)c1OC. The number of hydrogen-bond donors (Lipinski definition) is 1. The highest BCUT2D eigenvalue weighted by Gasteiger charge is 2.30. The van der Waals surface area contributed by atoms with Crippen LogP contribution in [-0.4, -0.2) is 31.3 Å². The van der Waals surface area contributed by atoms with Crippen LogP contribution in [0.3, 0.4) is 0 Å². The normalized spacial score (nSPS) is 11.1. The summed E-state index contributed by atoms with van der Waals surface area (Å²) in [4.78, 5) is 8.54. The highest BCUT2D eigenvalue weighted by Crippen LogP contribution is 2.38. The van der Waals surface area contributed by atoms with Crippen LogP contribution < -0.4 is 19.5 Å². The predicted molar refractivity (Wildman–Crippen MR) is 106 cm³/mol. The number of halogens is 3. The van der Waals surface area contributed by atoms with Gasteiger partial charge in [0.1, 0.15) is 0 Å². The predicted octanol–water partition coefficient (Wildman–Crippen LogP) is 4.80. The van der Waals surface area contributed by atoms with Crippen molar-refractivity contribution in [1.82, 2.24) is 9.97 Å². The Labute approximate surface area is 171 Å². The summed E-state index contributed by atoms with van der Waals surface area (Å²) in [6.45, 7) is 0.368. The highest BCUT2D eigenvalue weighted by atomic mass is 19.4. The third-order valence-electron chi connectivity index (χ3n) is 4.34. The Hall–Kier alpha value is -3.49. The molecule has 0 saturated heterocycles. The Balaban J connectivity index is 1.78. The fraction of sp³-hybridized carbons (Fsp3) is 0.238. The summed E-state index contributed by atoms with van der Waals surface area (Å²) >= 11 is 0. The molecule has 0 saturated carbocycles. The van der Waals surface area contributed by atoms with E-state index in [0.717, 1.165) is 17.7 Å². The lowest BCUT2D eigenvalue weighted by molar-refractivity contribution is -0.137. The van der Waals surface area contributed by atoms with Crippen LogP contribution in [0.25, 0.3) is 11.3 Å². The van der Waals surface area contributed by atoms with Gasteiger partial charge in [-0.05, 0) is 35.9 Å². The quantitative estimate of drug-likeness (QED) is 0.594. The standard InChI is InChI=1S/C21H20F3N3O3/c1-28-17-10-13(11-18(29-2)19(17)30-3)12-26-20-25-9-8-16(27-20)14-4-6-15(7-5-14)21(22,23)24/h4-11H,12H2,1-3H3,(H,25,26,27). The summed E-state index contributed by atoms with van der Waals surface area (Å²) in [5, 5.41) is 3.09. The van der Waals surface area contributed by atoms with Crippen molar-refractivity contribution >= 4 is 5.95 Å². The van der Waals surface area contributed by atoms with Crippen LogP contribution in [0.5, 0.6) is 17.2 Å².